The van der Waals surface area contributed by atoms with Gasteiger partial charge in [0.1, 0.15) is 0 Å². The summed E-state index contributed by atoms with van der Waals surface area (Å²) in [5.41, 5.74) is 3.13. The van der Waals surface area contributed by atoms with Crippen molar-refractivity contribution < 1.29 is 4.79 Å². The Hall–Kier alpha value is -2.59. The molecule has 3 aromatic rings. The minimum atomic E-state index is -0.135. The molecule has 1 aromatic heterocycles. The Labute approximate surface area is 144 Å². The zero-order chi connectivity index (χ0) is 17.1. The molecule has 1 amide bonds. The zero-order valence-electron chi connectivity index (χ0n) is 13.2. The maximum atomic E-state index is 12.2. The second-order valence-corrected chi connectivity index (χ2v) is 6.06. The predicted molar refractivity (Wildman–Crippen MR) is 97.7 cm³/mol. The average Bonchev–Trinajstić information content (AvgIpc) is 2.55. The largest absolute Gasteiger partial charge is 0.326 e. The number of hydrogen-bond donors (Lipinski definition) is 2. The molecule has 0 atom stereocenters. The first-order valence-electron chi connectivity index (χ1n) is 7.75. The third-order valence-corrected chi connectivity index (χ3v) is 4.12. The van der Waals surface area contributed by atoms with E-state index in [1.54, 1.807) is 24.3 Å². The molecule has 0 spiro atoms. The van der Waals surface area contributed by atoms with Crippen molar-refractivity contribution in [2.45, 2.75) is 19.8 Å². The highest BCUT2D eigenvalue weighted by Crippen LogP contribution is 2.20. The summed E-state index contributed by atoms with van der Waals surface area (Å²) in [6, 6.07) is 14.3. The normalized spacial score (nSPS) is 10.8. The number of anilines is 1. The number of benzene rings is 2. The molecule has 0 saturated heterocycles. The van der Waals surface area contributed by atoms with Crippen LogP contribution >= 0.6 is 11.6 Å². The van der Waals surface area contributed by atoms with E-state index < -0.39 is 0 Å². The van der Waals surface area contributed by atoms with E-state index in [0.29, 0.717) is 10.7 Å². The van der Waals surface area contributed by atoms with Crippen molar-refractivity contribution in [1.82, 2.24) is 4.98 Å². The van der Waals surface area contributed by atoms with Crippen molar-refractivity contribution in [2.24, 2.45) is 0 Å². The molecule has 0 fully saturated rings. The van der Waals surface area contributed by atoms with Crippen LogP contribution in [0.5, 0.6) is 0 Å². The number of halogens is 1. The van der Waals surface area contributed by atoms with E-state index in [9.17, 15) is 9.59 Å². The first-order chi connectivity index (χ1) is 11.5. The number of H-pyrrole nitrogens is 1. The van der Waals surface area contributed by atoms with Crippen LogP contribution in [0.3, 0.4) is 0 Å². The highest BCUT2D eigenvalue weighted by atomic mass is 35.5. The third-order valence-electron chi connectivity index (χ3n) is 3.87. The van der Waals surface area contributed by atoms with Crippen molar-refractivity contribution in [1.29, 1.82) is 0 Å². The van der Waals surface area contributed by atoms with Crippen molar-refractivity contribution in [3.63, 3.8) is 0 Å². The number of aromatic amines is 1. The molecule has 5 heteroatoms. The van der Waals surface area contributed by atoms with Crippen LogP contribution in [0.15, 0.2) is 53.3 Å². The number of carbonyl (C=O) groups excluding carboxylic acids is 1. The molecule has 2 aromatic carbocycles. The molecule has 1 heterocycles. The Morgan fingerprint density at radius 2 is 1.88 bits per heavy atom. The molecule has 2 N–H and O–H groups in total. The van der Waals surface area contributed by atoms with E-state index in [1.807, 2.05) is 31.2 Å². The molecule has 0 aliphatic rings. The van der Waals surface area contributed by atoms with E-state index in [0.717, 1.165) is 28.5 Å². The fourth-order valence-electron chi connectivity index (χ4n) is 2.70. The molecular weight excluding hydrogens is 324 g/mol. The van der Waals surface area contributed by atoms with Crippen LogP contribution in [0, 0.1) is 0 Å². The second kappa shape index (κ2) is 6.89. The van der Waals surface area contributed by atoms with Crippen LogP contribution in [0.4, 0.5) is 5.69 Å². The second-order valence-electron chi connectivity index (χ2n) is 5.62. The number of hydrogen-bond acceptors (Lipinski definition) is 2. The summed E-state index contributed by atoms with van der Waals surface area (Å²) >= 11 is 5.84. The number of carbonyl (C=O) groups is 1. The van der Waals surface area contributed by atoms with Gasteiger partial charge < -0.3 is 10.3 Å². The molecule has 0 bridgehead atoms. The standard InChI is InChI=1S/C19H17ClN2O2/c1-2-13-10-19(24)22-17-11-15(7-8-16(13)17)21-18(23)9-12-3-5-14(20)6-4-12/h3-8,10-11H,2,9H2,1H3,(H,21,23)(H,22,24). The topological polar surface area (TPSA) is 62.0 Å². The lowest BCUT2D eigenvalue weighted by Crippen LogP contribution is -2.14. The van der Waals surface area contributed by atoms with E-state index in [2.05, 4.69) is 10.3 Å². The Morgan fingerprint density at radius 1 is 1.12 bits per heavy atom. The van der Waals surface area contributed by atoms with Crippen LogP contribution in [-0.4, -0.2) is 10.9 Å². The summed E-state index contributed by atoms with van der Waals surface area (Å²) in [7, 11) is 0. The Morgan fingerprint density at radius 3 is 2.58 bits per heavy atom. The van der Waals surface area contributed by atoms with Crippen molar-refractivity contribution >= 4 is 34.1 Å². The molecule has 3 rings (SSSR count). The molecule has 24 heavy (non-hydrogen) atoms. The smallest absolute Gasteiger partial charge is 0.248 e. The minimum absolute atomic E-state index is 0.120. The summed E-state index contributed by atoms with van der Waals surface area (Å²) in [5.74, 6) is -0.120. The average molecular weight is 341 g/mol. The monoisotopic (exact) mass is 340 g/mol. The Balaban J connectivity index is 1.81. The van der Waals surface area contributed by atoms with Crippen LogP contribution in [0.25, 0.3) is 10.9 Å². The van der Waals surface area contributed by atoms with Gasteiger partial charge in [-0.05, 0) is 41.8 Å². The number of aryl methyl sites for hydroxylation is 1. The van der Waals surface area contributed by atoms with Crippen LogP contribution in [0.2, 0.25) is 5.02 Å². The number of fused-ring (bicyclic) bond motifs is 1. The van der Waals surface area contributed by atoms with Crippen molar-refractivity contribution in [3.05, 3.63) is 75.0 Å². The SMILES string of the molecule is CCc1cc(=O)[nH]c2cc(NC(=O)Cc3ccc(Cl)cc3)ccc12. The van der Waals surface area contributed by atoms with Gasteiger partial charge in [-0.25, -0.2) is 0 Å². The lowest BCUT2D eigenvalue weighted by Gasteiger charge is -2.09. The van der Waals surface area contributed by atoms with E-state index in [4.69, 9.17) is 11.6 Å². The van der Waals surface area contributed by atoms with E-state index in [1.165, 1.54) is 0 Å². The summed E-state index contributed by atoms with van der Waals surface area (Å²) < 4.78 is 0. The maximum Gasteiger partial charge on any atom is 0.248 e. The highest BCUT2D eigenvalue weighted by molar-refractivity contribution is 6.30. The predicted octanol–water partition coefficient (Wildman–Crippen LogP) is 3.93. The molecular formula is C19H17ClN2O2. The number of amides is 1. The quantitative estimate of drug-likeness (QED) is 0.756. The van der Waals surface area contributed by atoms with E-state index in [-0.39, 0.29) is 17.9 Å². The summed E-state index contributed by atoms with van der Waals surface area (Å²) in [6.07, 6.45) is 1.05. The number of rotatable bonds is 4. The molecule has 122 valence electrons. The van der Waals surface area contributed by atoms with Gasteiger partial charge in [0.25, 0.3) is 0 Å². The highest BCUT2D eigenvalue weighted by Gasteiger charge is 2.07. The Kier molecular flexibility index (Phi) is 4.67. The van der Waals surface area contributed by atoms with Crippen LogP contribution in [-0.2, 0) is 17.6 Å². The fourth-order valence-corrected chi connectivity index (χ4v) is 2.82. The van der Waals surface area contributed by atoms with Gasteiger partial charge >= 0.3 is 0 Å². The van der Waals surface area contributed by atoms with Crippen molar-refractivity contribution in [2.75, 3.05) is 5.32 Å². The van der Waals surface area contributed by atoms with Gasteiger partial charge in [0.2, 0.25) is 11.5 Å². The molecule has 4 nitrogen and oxygen atoms in total. The van der Waals surface area contributed by atoms with Crippen molar-refractivity contribution in [3.8, 4) is 0 Å². The molecule has 0 aliphatic carbocycles. The van der Waals surface area contributed by atoms with Gasteiger partial charge in [0, 0.05) is 22.2 Å². The van der Waals surface area contributed by atoms with Crippen LogP contribution < -0.4 is 10.9 Å². The minimum Gasteiger partial charge on any atom is -0.326 e. The molecule has 0 unspecified atom stereocenters. The number of nitrogens with one attached hydrogen (secondary N) is 2. The molecule has 0 radical (unpaired) electrons. The summed E-state index contributed by atoms with van der Waals surface area (Å²) in [5, 5.41) is 4.50. The fraction of sp³-hybridized carbons (Fsp3) is 0.158. The van der Waals surface area contributed by atoms with Gasteiger partial charge in [-0.1, -0.05) is 36.7 Å². The lowest BCUT2D eigenvalue weighted by molar-refractivity contribution is -0.115. The Bertz CT molecular complexity index is 946. The first-order valence-corrected chi connectivity index (χ1v) is 8.13. The maximum absolute atomic E-state index is 12.2. The van der Waals surface area contributed by atoms with Crippen LogP contribution in [0.1, 0.15) is 18.1 Å². The van der Waals surface area contributed by atoms with E-state index >= 15 is 0 Å². The lowest BCUT2D eigenvalue weighted by atomic mass is 10.1. The van der Waals surface area contributed by atoms with Gasteiger partial charge in [-0.3, -0.25) is 9.59 Å². The third kappa shape index (κ3) is 3.66. The summed E-state index contributed by atoms with van der Waals surface area (Å²) in [6.45, 7) is 2.01. The van der Waals surface area contributed by atoms with Gasteiger partial charge in [0.05, 0.1) is 11.9 Å². The summed E-state index contributed by atoms with van der Waals surface area (Å²) in [4.78, 5) is 26.7. The van der Waals surface area contributed by atoms with Gasteiger partial charge in [0.15, 0.2) is 0 Å². The van der Waals surface area contributed by atoms with Gasteiger partial charge in [-0.15, -0.1) is 0 Å². The zero-order valence-corrected chi connectivity index (χ0v) is 14.0. The number of aromatic nitrogens is 1. The first kappa shape index (κ1) is 16.3. The number of pyridine rings is 1. The molecule has 0 saturated carbocycles. The molecule has 0 aliphatic heterocycles. The van der Waals surface area contributed by atoms with Gasteiger partial charge in [-0.2, -0.15) is 0 Å².